The summed E-state index contributed by atoms with van der Waals surface area (Å²) in [6.07, 6.45) is 8.65. The number of fused-ring (bicyclic) bond motifs is 2. The molecule has 2 aliphatic carbocycles. The molecule has 1 aliphatic heterocycles. The van der Waals surface area contributed by atoms with E-state index in [2.05, 4.69) is 64.8 Å². The molecule has 1 saturated carbocycles. The van der Waals surface area contributed by atoms with E-state index in [0.29, 0.717) is 18.0 Å². The van der Waals surface area contributed by atoms with Crippen molar-refractivity contribution in [1.82, 2.24) is 19.5 Å². The molecule has 3 atom stereocenters. The van der Waals surface area contributed by atoms with E-state index in [1.165, 1.54) is 28.3 Å². The van der Waals surface area contributed by atoms with Crippen molar-refractivity contribution in [2.24, 2.45) is 5.92 Å². The van der Waals surface area contributed by atoms with Crippen LogP contribution in [0.3, 0.4) is 0 Å². The number of benzene rings is 1. The Hall–Kier alpha value is -1.90. The van der Waals surface area contributed by atoms with Gasteiger partial charge in [0.2, 0.25) is 15.9 Å². The Morgan fingerprint density at radius 1 is 1.12 bits per heavy atom. The number of likely N-dealkylation sites (tertiary alicyclic amines) is 1. The molecule has 1 saturated heterocycles. The molecule has 2 aromatic rings. The second-order valence-electron chi connectivity index (χ2n) is 11.1. The molecule has 1 amide bonds. The van der Waals surface area contributed by atoms with Crippen molar-refractivity contribution in [2.75, 3.05) is 19.8 Å². The number of hydrogen-bond donors (Lipinski definition) is 2. The maximum atomic E-state index is 13.3. The predicted molar refractivity (Wildman–Crippen MR) is 135 cm³/mol. The first kappa shape index (κ1) is 23.8. The first-order valence-corrected chi connectivity index (χ1v) is 14.6. The van der Waals surface area contributed by atoms with Gasteiger partial charge in [-0.15, -0.1) is 0 Å². The van der Waals surface area contributed by atoms with E-state index in [-0.39, 0.29) is 23.9 Å². The molecule has 3 aliphatic rings. The van der Waals surface area contributed by atoms with Crippen molar-refractivity contribution >= 4 is 26.8 Å². The molecule has 1 aromatic heterocycles. The Kier molecular flexibility index (Phi) is 6.27. The summed E-state index contributed by atoms with van der Waals surface area (Å²) in [6, 6.07) is 7.66. The lowest BCUT2D eigenvalue weighted by molar-refractivity contribution is -0.128. The van der Waals surface area contributed by atoms with Crippen molar-refractivity contribution in [3.05, 3.63) is 35.5 Å². The highest BCUT2D eigenvalue weighted by Gasteiger charge is 2.42. The number of sulfonamides is 1. The molecule has 1 aromatic carbocycles. The third-order valence-corrected chi connectivity index (χ3v) is 9.02. The minimum Gasteiger partial charge on any atom is -0.353 e. The van der Waals surface area contributed by atoms with Crippen LogP contribution in [0.2, 0.25) is 0 Å². The van der Waals surface area contributed by atoms with Crippen LogP contribution in [0.15, 0.2) is 24.4 Å². The molecule has 8 heteroatoms. The van der Waals surface area contributed by atoms with Crippen molar-refractivity contribution in [1.29, 1.82) is 0 Å². The quantitative estimate of drug-likeness (QED) is 0.680. The molecule has 1 unspecified atom stereocenters. The van der Waals surface area contributed by atoms with Gasteiger partial charge in [-0.3, -0.25) is 4.79 Å². The molecular formula is C26H38N4O3S. The zero-order valence-corrected chi connectivity index (χ0v) is 21.6. The van der Waals surface area contributed by atoms with Gasteiger partial charge in [0.1, 0.15) is 0 Å². The number of piperidine rings is 1. The molecule has 34 heavy (non-hydrogen) atoms. The number of nitrogens with zero attached hydrogens (tertiary/aromatic N) is 2. The number of amides is 1. The molecule has 0 bridgehead atoms. The van der Waals surface area contributed by atoms with Gasteiger partial charge in [-0.1, -0.05) is 12.1 Å². The van der Waals surface area contributed by atoms with E-state index in [1.54, 1.807) is 0 Å². The fourth-order valence-corrected chi connectivity index (χ4v) is 7.51. The summed E-state index contributed by atoms with van der Waals surface area (Å²) in [5.41, 5.74) is 4.16. The van der Waals surface area contributed by atoms with E-state index in [0.717, 1.165) is 45.1 Å². The van der Waals surface area contributed by atoms with Crippen molar-refractivity contribution < 1.29 is 13.2 Å². The highest BCUT2D eigenvalue weighted by molar-refractivity contribution is 7.88. The molecule has 2 N–H and O–H groups in total. The zero-order chi connectivity index (χ0) is 24.2. The summed E-state index contributed by atoms with van der Waals surface area (Å²) in [5.74, 6) is 0.494. The van der Waals surface area contributed by atoms with E-state index in [9.17, 15) is 13.2 Å². The molecule has 5 rings (SSSR count). The Morgan fingerprint density at radius 3 is 2.50 bits per heavy atom. The minimum atomic E-state index is -3.18. The Balaban J connectivity index is 1.29. The standard InChI is InChI=1S/C26H38N4O3S/c1-16(2)30-15-17-13-24-22(21-6-5-7-23(30)25(17)21)12-18(14-29(24)3)26(31)27-19-8-10-20(11-9-19)28-34(4,32)33/h5-7,15-16,18-20,22,24,28H,8-14H2,1-4H3,(H,27,31)/t18?,19?,20?,22-,24-/m1/s1. The van der Waals surface area contributed by atoms with Crippen molar-refractivity contribution in [3.63, 3.8) is 0 Å². The second kappa shape index (κ2) is 8.95. The monoisotopic (exact) mass is 486 g/mol. The van der Waals surface area contributed by atoms with Crippen LogP contribution < -0.4 is 10.0 Å². The molecule has 2 fully saturated rings. The number of carbonyl (C=O) groups excluding carboxylic acids is 1. The van der Waals surface area contributed by atoms with Gasteiger partial charge in [-0.05, 0) is 76.6 Å². The highest BCUT2D eigenvalue weighted by Crippen LogP contribution is 2.45. The molecule has 7 nitrogen and oxygen atoms in total. The van der Waals surface area contributed by atoms with Crippen LogP contribution in [0.25, 0.3) is 10.9 Å². The number of likely N-dealkylation sites (N-methyl/N-ethyl adjacent to an activating group) is 1. The minimum absolute atomic E-state index is 0.0141. The fraction of sp³-hybridized carbons (Fsp3) is 0.654. The van der Waals surface area contributed by atoms with Gasteiger partial charge in [0, 0.05) is 53.7 Å². The van der Waals surface area contributed by atoms with E-state index >= 15 is 0 Å². The molecule has 2 heterocycles. The zero-order valence-electron chi connectivity index (χ0n) is 20.8. The van der Waals surface area contributed by atoms with Crippen LogP contribution in [0, 0.1) is 5.92 Å². The normalized spacial score (nSPS) is 29.9. The van der Waals surface area contributed by atoms with E-state index in [4.69, 9.17) is 0 Å². The van der Waals surface area contributed by atoms with Crippen molar-refractivity contribution in [3.8, 4) is 0 Å². The lowest BCUT2D eigenvalue weighted by Crippen LogP contribution is -2.53. The maximum Gasteiger partial charge on any atom is 0.224 e. The van der Waals surface area contributed by atoms with Gasteiger partial charge in [0.25, 0.3) is 0 Å². The molecular weight excluding hydrogens is 448 g/mol. The SMILES string of the molecule is CC(C)n1cc2c3c(cccc31)[C@H]1CC(C(=O)NC3CCC(NS(C)(=O)=O)CC3)CN(C)[C@@H]1C2. The van der Waals surface area contributed by atoms with Gasteiger partial charge >= 0.3 is 0 Å². The first-order valence-electron chi connectivity index (χ1n) is 12.7. The third-order valence-electron chi connectivity index (χ3n) is 8.26. The van der Waals surface area contributed by atoms with Gasteiger partial charge in [-0.25, -0.2) is 13.1 Å². The van der Waals surface area contributed by atoms with Crippen LogP contribution in [0.4, 0.5) is 0 Å². The Bertz CT molecular complexity index is 1180. The summed E-state index contributed by atoms with van der Waals surface area (Å²) in [7, 11) is -1.01. The number of aromatic nitrogens is 1. The Morgan fingerprint density at radius 2 is 1.82 bits per heavy atom. The number of hydrogen-bond acceptors (Lipinski definition) is 4. The molecule has 0 spiro atoms. The van der Waals surface area contributed by atoms with Crippen LogP contribution in [-0.4, -0.2) is 61.8 Å². The molecule has 0 radical (unpaired) electrons. The summed E-state index contributed by atoms with van der Waals surface area (Å²) < 4.78 is 28.1. The van der Waals surface area contributed by atoms with E-state index in [1.807, 2.05) is 0 Å². The smallest absolute Gasteiger partial charge is 0.224 e. The average molecular weight is 487 g/mol. The molecule has 186 valence electrons. The number of nitrogens with one attached hydrogen (secondary N) is 2. The van der Waals surface area contributed by atoms with Crippen LogP contribution in [0.1, 0.15) is 69.0 Å². The topological polar surface area (TPSA) is 83.4 Å². The van der Waals surface area contributed by atoms with Crippen LogP contribution in [-0.2, 0) is 21.2 Å². The second-order valence-corrected chi connectivity index (χ2v) is 12.9. The lowest BCUT2D eigenvalue weighted by atomic mass is 9.72. The lowest BCUT2D eigenvalue weighted by Gasteiger charge is -2.45. The van der Waals surface area contributed by atoms with Crippen LogP contribution in [0.5, 0.6) is 0 Å². The fourth-order valence-electron chi connectivity index (χ4n) is 6.67. The highest BCUT2D eigenvalue weighted by atomic mass is 32.2. The summed E-state index contributed by atoms with van der Waals surface area (Å²) in [5, 5.41) is 4.71. The van der Waals surface area contributed by atoms with E-state index < -0.39 is 10.0 Å². The first-order chi connectivity index (χ1) is 16.1. The summed E-state index contributed by atoms with van der Waals surface area (Å²) in [6.45, 7) is 5.25. The van der Waals surface area contributed by atoms with Crippen LogP contribution >= 0.6 is 0 Å². The maximum absolute atomic E-state index is 13.3. The predicted octanol–water partition coefficient (Wildman–Crippen LogP) is 3.16. The largest absolute Gasteiger partial charge is 0.353 e. The summed E-state index contributed by atoms with van der Waals surface area (Å²) >= 11 is 0. The summed E-state index contributed by atoms with van der Waals surface area (Å²) in [4.78, 5) is 15.7. The Labute approximate surface area is 203 Å². The number of rotatable bonds is 5. The van der Waals surface area contributed by atoms with Gasteiger partial charge in [0.15, 0.2) is 0 Å². The van der Waals surface area contributed by atoms with Gasteiger partial charge in [-0.2, -0.15) is 0 Å². The van der Waals surface area contributed by atoms with Crippen molar-refractivity contribution in [2.45, 2.75) is 82.5 Å². The van der Waals surface area contributed by atoms with Gasteiger partial charge in [0.05, 0.1) is 12.2 Å². The number of carbonyl (C=O) groups is 1. The average Bonchev–Trinajstić information content (AvgIpc) is 3.15. The third kappa shape index (κ3) is 4.52. The van der Waals surface area contributed by atoms with Gasteiger partial charge < -0.3 is 14.8 Å².